The van der Waals surface area contributed by atoms with Gasteiger partial charge in [0.1, 0.15) is 0 Å². The average molecular weight is 330 g/mol. The van der Waals surface area contributed by atoms with E-state index in [1.54, 1.807) is 0 Å². The molecule has 0 spiro atoms. The SMILES string of the molecule is Cc1ccc2c(c1)sc1c3ccc(-c4ccccc4)cc3sc21. The van der Waals surface area contributed by atoms with Gasteiger partial charge in [0.15, 0.2) is 0 Å². The molecule has 0 nitrogen and oxygen atoms in total. The summed E-state index contributed by atoms with van der Waals surface area (Å²) in [5.41, 5.74) is 3.92. The highest BCUT2D eigenvalue weighted by Crippen LogP contribution is 2.45. The van der Waals surface area contributed by atoms with E-state index in [2.05, 4.69) is 73.7 Å². The summed E-state index contributed by atoms with van der Waals surface area (Å²) in [4.78, 5) is 0. The van der Waals surface area contributed by atoms with Crippen LogP contribution >= 0.6 is 22.7 Å². The number of hydrogen-bond donors (Lipinski definition) is 0. The van der Waals surface area contributed by atoms with Gasteiger partial charge in [-0.15, -0.1) is 22.7 Å². The Morgan fingerprint density at radius 3 is 2.00 bits per heavy atom. The van der Waals surface area contributed by atoms with Gasteiger partial charge in [0.2, 0.25) is 0 Å². The molecule has 110 valence electrons. The first-order valence-electron chi connectivity index (χ1n) is 7.70. The summed E-state index contributed by atoms with van der Waals surface area (Å²) in [6.45, 7) is 2.16. The van der Waals surface area contributed by atoms with Crippen molar-refractivity contribution in [3.05, 3.63) is 72.3 Å². The zero-order valence-corrected chi connectivity index (χ0v) is 14.3. The molecule has 0 fully saturated rings. The molecule has 0 amide bonds. The van der Waals surface area contributed by atoms with Crippen LogP contribution in [0.4, 0.5) is 0 Å². The van der Waals surface area contributed by atoms with Crippen LogP contribution in [-0.4, -0.2) is 0 Å². The van der Waals surface area contributed by atoms with E-state index in [1.807, 2.05) is 22.7 Å². The summed E-state index contributed by atoms with van der Waals surface area (Å²) in [7, 11) is 0. The Labute approximate surface area is 142 Å². The van der Waals surface area contributed by atoms with Gasteiger partial charge in [-0.1, -0.05) is 54.6 Å². The normalized spacial score (nSPS) is 11.7. The maximum absolute atomic E-state index is 2.34. The lowest BCUT2D eigenvalue weighted by Gasteiger charge is -2.01. The van der Waals surface area contributed by atoms with Crippen molar-refractivity contribution in [2.45, 2.75) is 6.92 Å². The highest BCUT2D eigenvalue weighted by Gasteiger charge is 2.12. The minimum absolute atomic E-state index is 1.28. The summed E-state index contributed by atoms with van der Waals surface area (Å²) >= 11 is 3.85. The van der Waals surface area contributed by atoms with Gasteiger partial charge in [0.25, 0.3) is 0 Å². The maximum Gasteiger partial charge on any atom is 0.0542 e. The highest BCUT2D eigenvalue weighted by molar-refractivity contribution is 7.36. The third kappa shape index (κ3) is 2.03. The van der Waals surface area contributed by atoms with Crippen molar-refractivity contribution in [2.75, 3.05) is 0 Å². The first kappa shape index (κ1) is 13.3. The van der Waals surface area contributed by atoms with Crippen molar-refractivity contribution in [3.63, 3.8) is 0 Å². The molecule has 3 aromatic carbocycles. The van der Waals surface area contributed by atoms with Crippen LogP contribution in [0, 0.1) is 6.92 Å². The van der Waals surface area contributed by atoms with Crippen LogP contribution in [0.15, 0.2) is 66.7 Å². The summed E-state index contributed by atoms with van der Waals surface area (Å²) in [6.07, 6.45) is 0. The van der Waals surface area contributed by atoms with Gasteiger partial charge in [0.05, 0.1) is 9.40 Å². The monoisotopic (exact) mass is 330 g/mol. The van der Waals surface area contributed by atoms with Crippen molar-refractivity contribution in [1.29, 1.82) is 0 Å². The van der Waals surface area contributed by atoms with E-state index in [1.165, 1.54) is 46.3 Å². The van der Waals surface area contributed by atoms with Crippen LogP contribution in [0.25, 0.3) is 40.7 Å². The topological polar surface area (TPSA) is 0 Å². The van der Waals surface area contributed by atoms with Crippen LogP contribution in [0.5, 0.6) is 0 Å². The van der Waals surface area contributed by atoms with Gasteiger partial charge < -0.3 is 0 Å². The Morgan fingerprint density at radius 2 is 1.26 bits per heavy atom. The molecule has 0 atom stereocenters. The smallest absolute Gasteiger partial charge is 0.0542 e. The molecular formula is C21H14S2. The highest BCUT2D eigenvalue weighted by atomic mass is 32.1. The zero-order chi connectivity index (χ0) is 15.4. The van der Waals surface area contributed by atoms with Gasteiger partial charge in [-0.2, -0.15) is 0 Å². The fourth-order valence-electron chi connectivity index (χ4n) is 3.17. The van der Waals surface area contributed by atoms with E-state index < -0.39 is 0 Å². The van der Waals surface area contributed by atoms with E-state index in [4.69, 9.17) is 0 Å². The van der Waals surface area contributed by atoms with E-state index in [0.29, 0.717) is 0 Å². The predicted octanol–water partition coefficient (Wildman–Crippen LogP) is 7.24. The van der Waals surface area contributed by atoms with Crippen LogP contribution in [0.1, 0.15) is 5.56 Å². The zero-order valence-electron chi connectivity index (χ0n) is 12.7. The maximum atomic E-state index is 2.34. The van der Waals surface area contributed by atoms with Gasteiger partial charge in [-0.25, -0.2) is 0 Å². The number of thiophene rings is 2. The second-order valence-corrected chi connectivity index (χ2v) is 8.04. The van der Waals surface area contributed by atoms with Crippen LogP contribution in [0.3, 0.4) is 0 Å². The average Bonchev–Trinajstić information content (AvgIpc) is 3.10. The second kappa shape index (κ2) is 4.92. The lowest BCUT2D eigenvalue weighted by molar-refractivity contribution is 1.52. The molecule has 0 radical (unpaired) electrons. The van der Waals surface area contributed by atoms with Crippen LogP contribution in [-0.2, 0) is 0 Å². The van der Waals surface area contributed by atoms with Crippen molar-refractivity contribution in [1.82, 2.24) is 0 Å². The van der Waals surface area contributed by atoms with Gasteiger partial charge >= 0.3 is 0 Å². The Bertz CT molecular complexity index is 1160. The molecule has 2 heteroatoms. The minimum atomic E-state index is 1.28. The molecule has 0 N–H and O–H groups in total. The molecule has 2 heterocycles. The third-order valence-corrected chi connectivity index (χ3v) is 6.85. The molecule has 2 aromatic heterocycles. The summed E-state index contributed by atoms with van der Waals surface area (Å²) < 4.78 is 5.66. The van der Waals surface area contributed by atoms with E-state index in [0.717, 1.165) is 0 Å². The number of benzene rings is 3. The fourth-order valence-corrected chi connectivity index (χ4v) is 5.96. The number of hydrogen-bond acceptors (Lipinski definition) is 2. The fraction of sp³-hybridized carbons (Fsp3) is 0.0476. The Kier molecular flexibility index (Phi) is 2.84. The Hall–Kier alpha value is -2.16. The van der Waals surface area contributed by atoms with E-state index >= 15 is 0 Å². The number of rotatable bonds is 1. The van der Waals surface area contributed by atoms with Crippen molar-refractivity contribution in [3.8, 4) is 11.1 Å². The second-order valence-electron chi connectivity index (χ2n) is 5.94. The lowest BCUT2D eigenvalue weighted by atomic mass is 10.1. The molecule has 0 aliphatic carbocycles. The largest absolute Gasteiger partial charge is 0.134 e. The van der Waals surface area contributed by atoms with Gasteiger partial charge in [-0.05, 0) is 35.7 Å². The van der Waals surface area contributed by atoms with Crippen molar-refractivity contribution < 1.29 is 0 Å². The van der Waals surface area contributed by atoms with E-state index in [9.17, 15) is 0 Å². The van der Waals surface area contributed by atoms with Crippen LogP contribution in [0.2, 0.25) is 0 Å². The molecule has 0 aliphatic heterocycles. The van der Waals surface area contributed by atoms with Crippen LogP contribution < -0.4 is 0 Å². The predicted molar refractivity (Wildman–Crippen MR) is 105 cm³/mol. The number of aryl methyl sites for hydroxylation is 1. The molecule has 0 bridgehead atoms. The van der Waals surface area contributed by atoms with Gasteiger partial charge in [0, 0.05) is 20.2 Å². The Morgan fingerprint density at radius 1 is 0.609 bits per heavy atom. The van der Waals surface area contributed by atoms with Crippen molar-refractivity contribution >= 4 is 52.2 Å². The molecule has 5 aromatic rings. The lowest BCUT2D eigenvalue weighted by Crippen LogP contribution is -1.75. The number of fused-ring (bicyclic) bond motifs is 5. The molecule has 23 heavy (non-hydrogen) atoms. The molecule has 5 rings (SSSR count). The van der Waals surface area contributed by atoms with Gasteiger partial charge in [-0.3, -0.25) is 0 Å². The molecule has 0 aliphatic rings. The minimum Gasteiger partial charge on any atom is -0.134 e. The molecule has 0 unspecified atom stereocenters. The molecule has 0 saturated carbocycles. The first-order valence-corrected chi connectivity index (χ1v) is 9.34. The quantitative estimate of drug-likeness (QED) is 0.304. The van der Waals surface area contributed by atoms with Crippen molar-refractivity contribution in [2.24, 2.45) is 0 Å². The van der Waals surface area contributed by atoms with E-state index in [-0.39, 0.29) is 0 Å². The standard InChI is InChI=1S/C21H14S2/c1-13-7-9-16-18(11-13)22-21-17-10-8-15(12-19(17)23-20(16)21)14-5-3-2-4-6-14/h2-12H,1H3. The summed E-state index contributed by atoms with van der Waals surface area (Å²) in [6, 6.07) is 24.3. The third-order valence-electron chi connectivity index (χ3n) is 4.35. The molecular weight excluding hydrogens is 316 g/mol. The summed E-state index contributed by atoms with van der Waals surface area (Å²) in [5, 5.41) is 2.79. The first-order chi connectivity index (χ1) is 11.3. The summed E-state index contributed by atoms with van der Waals surface area (Å²) in [5.74, 6) is 0. The molecule has 0 saturated heterocycles. The Balaban J connectivity index is 1.80.